The SMILES string of the molecule is NNc1cc(OC2CCCC2)c(Cl)cc1Cl. The number of anilines is 1. The summed E-state index contributed by atoms with van der Waals surface area (Å²) in [5.74, 6) is 5.99. The summed E-state index contributed by atoms with van der Waals surface area (Å²) in [5, 5.41) is 1.02. The number of benzene rings is 1. The third-order valence-corrected chi connectivity index (χ3v) is 3.38. The number of hydrogen-bond donors (Lipinski definition) is 2. The molecule has 5 heteroatoms. The number of halogens is 2. The van der Waals surface area contributed by atoms with E-state index in [0.29, 0.717) is 21.5 Å². The van der Waals surface area contributed by atoms with Crippen LogP contribution in [0.4, 0.5) is 5.69 Å². The van der Waals surface area contributed by atoms with Gasteiger partial charge in [-0.1, -0.05) is 23.2 Å². The zero-order valence-electron chi connectivity index (χ0n) is 8.80. The number of hydrazine groups is 1. The smallest absolute Gasteiger partial charge is 0.140 e. The van der Waals surface area contributed by atoms with Crippen molar-refractivity contribution in [3.8, 4) is 5.75 Å². The molecule has 0 atom stereocenters. The number of nitrogens with one attached hydrogen (secondary N) is 1. The molecule has 0 amide bonds. The fourth-order valence-corrected chi connectivity index (χ4v) is 2.40. The van der Waals surface area contributed by atoms with Gasteiger partial charge in [-0.25, -0.2) is 0 Å². The third-order valence-electron chi connectivity index (χ3n) is 2.77. The lowest BCUT2D eigenvalue weighted by molar-refractivity contribution is 0.210. The molecule has 1 aliphatic rings. The summed E-state index contributed by atoms with van der Waals surface area (Å²) in [6.07, 6.45) is 4.88. The first kappa shape index (κ1) is 11.8. The van der Waals surface area contributed by atoms with E-state index in [2.05, 4.69) is 5.43 Å². The Morgan fingerprint density at radius 3 is 2.50 bits per heavy atom. The Bertz CT molecular complexity index is 378. The molecule has 16 heavy (non-hydrogen) atoms. The summed E-state index contributed by atoms with van der Waals surface area (Å²) in [7, 11) is 0. The van der Waals surface area contributed by atoms with Crippen LogP contribution in [0.2, 0.25) is 10.0 Å². The molecule has 88 valence electrons. The van der Waals surface area contributed by atoms with Crippen LogP contribution in [0.3, 0.4) is 0 Å². The summed E-state index contributed by atoms with van der Waals surface area (Å²) >= 11 is 12.0. The fourth-order valence-electron chi connectivity index (χ4n) is 1.92. The van der Waals surface area contributed by atoms with Gasteiger partial charge in [-0.3, -0.25) is 5.84 Å². The van der Waals surface area contributed by atoms with Gasteiger partial charge in [0, 0.05) is 6.07 Å². The highest BCUT2D eigenvalue weighted by Crippen LogP contribution is 2.36. The van der Waals surface area contributed by atoms with Crippen LogP contribution >= 0.6 is 23.2 Å². The first-order valence-corrected chi connectivity index (χ1v) is 6.08. The molecule has 0 unspecified atom stereocenters. The van der Waals surface area contributed by atoms with Crippen molar-refractivity contribution in [3.05, 3.63) is 22.2 Å². The first-order chi connectivity index (χ1) is 7.70. The van der Waals surface area contributed by atoms with Gasteiger partial charge in [0.05, 0.1) is 21.8 Å². The number of rotatable bonds is 3. The summed E-state index contributed by atoms with van der Waals surface area (Å²) in [5.41, 5.74) is 3.14. The van der Waals surface area contributed by atoms with E-state index in [1.165, 1.54) is 12.8 Å². The molecule has 3 N–H and O–H groups in total. The molecule has 0 heterocycles. The van der Waals surface area contributed by atoms with E-state index in [9.17, 15) is 0 Å². The van der Waals surface area contributed by atoms with Gasteiger partial charge in [0.2, 0.25) is 0 Å². The van der Waals surface area contributed by atoms with Crippen molar-refractivity contribution >= 4 is 28.9 Å². The lowest BCUT2D eigenvalue weighted by Crippen LogP contribution is -2.12. The largest absolute Gasteiger partial charge is 0.489 e. The van der Waals surface area contributed by atoms with Crippen molar-refractivity contribution in [1.82, 2.24) is 0 Å². The molecule has 1 aliphatic carbocycles. The summed E-state index contributed by atoms with van der Waals surface area (Å²) < 4.78 is 5.82. The maximum atomic E-state index is 6.06. The van der Waals surface area contributed by atoms with Crippen LogP contribution in [0.1, 0.15) is 25.7 Å². The number of nitrogens with two attached hydrogens (primary N) is 1. The molecule has 0 spiro atoms. The molecule has 0 bridgehead atoms. The molecule has 0 aromatic heterocycles. The molecule has 1 aromatic carbocycles. The lowest BCUT2D eigenvalue weighted by atomic mass is 10.2. The topological polar surface area (TPSA) is 47.3 Å². The van der Waals surface area contributed by atoms with Gasteiger partial charge in [-0.05, 0) is 31.7 Å². The van der Waals surface area contributed by atoms with Crippen molar-refractivity contribution in [2.45, 2.75) is 31.8 Å². The number of ether oxygens (including phenoxy) is 1. The average molecular weight is 261 g/mol. The molecule has 1 fully saturated rings. The van der Waals surface area contributed by atoms with Crippen LogP contribution in [0.15, 0.2) is 12.1 Å². The van der Waals surface area contributed by atoms with Gasteiger partial charge in [0.15, 0.2) is 0 Å². The second kappa shape index (κ2) is 5.13. The van der Waals surface area contributed by atoms with Crippen molar-refractivity contribution in [2.75, 3.05) is 5.43 Å². The highest BCUT2D eigenvalue weighted by molar-refractivity contribution is 6.37. The lowest BCUT2D eigenvalue weighted by Gasteiger charge is -2.15. The van der Waals surface area contributed by atoms with Gasteiger partial charge in [0.25, 0.3) is 0 Å². The predicted octanol–water partition coefficient (Wildman–Crippen LogP) is 3.60. The van der Waals surface area contributed by atoms with Crippen molar-refractivity contribution in [2.24, 2.45) is 5.84 Å². The van der Waals surface area contributed by atoms with Crippen LogP contribution in [0, 0.1) is 0 Å². The second-order valence-corrected chi connectivity index (χ2v) is 4.75. The zero-order chi connectivity index (χ0) is 11.5. The van der Waals surface area contributed by atoms with Crippen LogP contribution in [-0.2, 0) is 0 Å². The fraction of sp³-hybridized carbons (Fsp3) is 0.455. The maximum Gasteiger partial charge on any atom is 0.140 e. The van der Waals surface area contributed by atoms with Gasteiger partial charge in [-0.2, -0.15) is 0 Å². The summed E-state index contributed by atoms with van der Waals surface area (Å²) in [4.78, 5) is 0. The molecule has 1 saturated carbocycles. The second-order valence-electron chi connectivity index (χ2n) is 3.93. The van der Waals surface area contributed by atoms with E-state index < -0.39 is 0 Å². The molecule has 0 saturated heterocycles. The maximum absolute atomic E-state index is 6.06. The van der Waals surface area contributed by atoms with Gasteiger partial charge in [-0.15, -0.1) is 0 Å². The minimum atomic E-state index is 0.268. The first-order valence-electron chi connectivity index (χ1n) is 5.33. The Morgan fingerprint density at radius 1 is 1.19 bits per heavy atom. The van der Waals surface area contributed by atoms with Crippen LogP contribution < -0.4 is 16.0 Å². The molecular formula is C11H14Cl2N2O. The molecule has 0 radical (unpaired) electrons. The number of hydrogen-bond acceptors (Lipinski definition) is 3. The standard InChI is InChI=1S/C11H14Cl2N2O/c12-8-5-9(13)11(6-10(8)15-14)16-7-3-1-2-4-7/h5-7,15H,1-4,14H2. The van der Waals surface area contributed by atoms with E-state index in [1.807, 2.05) is 0 Å². The van der Waals surface area contributed by atoms with Crippen LogP contribution in [0.5, 0.6) is 5.75 Å². The quantitative estimate of drug-likeness (QED) is 0.645. The number of nitrogen functional groups attached to an aromatic ring is 1. The normalized spacial score (nSPS) is 16.4. The Labute approximate surface area is 105 Å². The highest BCUT2D eigenvalue weighted by atomic mass is 35.5. The molecule has 1 aromatic rings. The van der Waals surface area contributed by atoms with Crippen molar-refractivity contribution < 1.29 is 4.74 Å². The Hall–Kier alpha value is -0.640. The summed E-state index contributed by atoms with van der Waals surface area (Å²) in [6, 6.07) is 3.38. The van der Waals surface area contributed by atoms with Crippen molar-refractivity contribution in [1.29, 1.82) is 0 Å². The van der Waals surface area contributed by atoms with Gasteiger partial charge >= 0.3 is 0 Å². The van der Waals surface area contributed by atoms with Crippen LogP contribution in [-0.4, -0.2) is 6.10 Å². The van der Waals surface area contributed by atoms with E-state index in [4.69, 9.17) is 33.8 Å². The van der Waals surface area contributed by atoms with Crippen LogP contribution in [0.25, 0.3) is 0 Å². The van der Waals surface area contributed by atoms with Crippen molar-refractivity contribution in [3.63, 3.8) is 0 Å². The minimum Gasteiger partial charge on any atom is -0.489 e. The van der Waals surface area contributed by atoms with Gasteiger partial charge in [0.1, 0.15) is 5.75 Å². The van der Waals surface area contributed by atoms with Gasteiger partial charge < -0.3 is 10.2 Å². The summed E-state index contributed by atoms with van der Waals surface area (Å²) in [6.45, 7) is 0. The third kappa shape index (κ3) is 2.54. The Balaban J connectivity index is 2.18. The van der Waals surface area contributed by atoms with E-state index in [1.54, 1.807) is 12.1 Å². The molecule has 3 nitrogen and oxygen atoms in total. The Kier molecular flexibility index (Phi) is 3.79. The molecule has 0 aliphatic heterocycles. The molecule has 2 rings (SSSR count). The zero-order valence-corrected chi connectivity index (χ0v) is 10.3. The van der Waals surface area contributed by atoms with E-state index in [-0.39, 0.29) is 6.10 Å². The Morgan fingerprint density at radius 2 is 1.88 bits per heavy atom. The predicted molar refractivity (Wildman–Crippen MR) is 67.2 cm³/mol. The van der Waals surface area contributed by atoms with E-state index in [0.717, 1.165) is 12.8 Å². The highest BCUT2D eigenvalue weighted by Gasteiger charge is 2.18. The minimum absolute atomic E-state index is 0.268. The monoisotopic (exact) mass is 260 g/mol. The van der Waals surface area contributed by atoms with E-state index >= 15 is 0 Å². The molecular weight excluding hydrogens is 247 g/mol. The average Bonchev–Trinajstić information content (AvgIpc) is 2.75.